The Hall–Kier alpha value is -5.77. The van der Waals surface area contributed by atoms with Crippen LogP contribution in [0.25, 0.3) is 33.3 Å². The van der Waals surface area contributed by atoms with E-state index < -0.39 is 13.1 Å². The van der Waals surface area contributed by atoms with Gasteiger partial charge in [0.1, 0.15) is 5.69 Å². The predicted molar refractivity (Wildman–Crippen MR) is 225 cm³/mol. The largest absolute Gasteiger partial charge is 0.488 e. The number of fused-ring (bicyclic) bond motifs is 2. The fourth-order valence-electron chi connectivity index (χ4n) is 4.76. The van der Waals surface area contributed by atoms with Gasteiger partial charge in [-0.2, -0.15) is 0 Å². The molecule has 2 aromatic carbocycles. The highest BCUT2D eigenvalue weighted by atomic mass is 35.5. The van der Waals surface area contributed by atoms with Crippen LogP contribution in [0, 0.1) is 0 Å². The lowest BCUT2D eigenvalue weighted by molar-refractivity contribution is 0.0592. The first-order valence-corrected chi connectivity index (χ1v) is 17.2. The van der Waals surface area contributed by atoms with Crippen LogP contribution >= 0.6 is 11.6 Å². The van der Waals surface area contributed by atoms with Crippen molar-refractivity contribution in [1.29, 1.82) is 0 Å². The van der Waals surface area contributed by atoms with Crippen LogP contribution in [0.4, 0.5) is 11.6 Å². The van der Waals surface area contributed by atoms with E-state index in [0.29, 0.717) is 44.1 Å². The lowest BCUT2D eigenvalue weighted by Gasteiger charge is -2.25. The van der Waals surface area contributed by atoms with E-state index in [2.05, 4.69) is 38.7 Å². The number of hydrogen-bond acceptors (Lipinski definition) is 14. The Balaban J connectivity index is 0.000000313. The lowest BCUT2D eigenvalue weighted by atomic mass is 9.81. The van der Waals surface area contributed by atoms with Crippen LogP contribution in [0.3, 0.4) is 0 Å². The zero-order valence-electron chi connectivity index (χ0n) is 31.3. The monoisotopic (exact) mass is 784 g/mol. The molecule has 2 N–H and O–H groups in total. The van der Waals surface area contributed by atoms with E-state index >= 15 is 0 Å². The molecule has 0 aliphatic heterocycles. The third kappa shape index (κ3) is 11.6. The van der Waals surface area contributed by atoms with Gasteiger partial charge < -0.3 is 29.3 Å². The van der Waals surface area contributed by atoms with Gasteiger partial charge >= 0.3 is 19.1 Å². The summed E-state index contributed by atoms with van der Waals surface area (Å²) in [7, 11) is 5.21. The molecule has 14 nitrogen and oxygen atoms in total. The summed E-state index contributed by atoms with van der Waals surface area (Å²) < 4.78 is 9.49. The summed E-state index contributed by atoms with van der Waals surface area (Å²) in [6.45, 7) is 8.25. The number of rotatable bonds is 8. The Labute approximate surface area is 333 Å². The van der Waals surface area contributed by atoms with Crippen molar-refractivity contribution in [3.8, 4) is 11.3 Å². The molecule has 16 heteroatoms. The number of aromatic nitrogens is 6. The highest BCUT2D eigenvalue weighted by Crippen LogP contribution is 2.30. The third-order valence-electron chi connectivity index (χ3n) is 8.27. The van der Waals surface area contributed by atoms with Crippen molar-refractivity contribution in [2.24, 2.45) is 0 Å². The van der Waals surface area contributed by atoms with Crippen LogP contribution in [0.2, 0.25) is 5.15 Å². The SMILES string of the molecule is C.C.COC(=O)c1ccc2nc(-c3ccncc3)c(N(C)C(C)C)nc2c1.COC(=O)c1ccc2nc(Cl)c(N(C)C(C)C)nc2c1.OB(O)c1ccncc1. The number of benzene rings is 2. The maximum Gasteiger partial charge on any atom is 0.488 e. The maximum atomic E-state index is 11.8. The molecule has 0 aliphatic rings. The second kappa shape index (κ2) is 21.4. The third-order valence-corrected chi connectivity index (χ3v) is 8.52. The Bertz CT molecular complexity index is 2200. The number of nitrogens with zero attached hydrogens (tertiary/aromatic N) is 8. The molecule has 6 aromatic rings. The summed E-state index contributed by atoms with van der Waals surface area (Å²) >= 11 is 6.16. The smallest absolute Gasteiger partial charge is 0.465 e. The average Bonchev–Trinajstić information content (AvgIpc) is 3.19. The fraction of sp³-hybridized carbons (Fsp3) is 0.300. The summed E-state index contributed by atoms with van der Waals surface area (Å²) in [5.74, 6) is 0.565. The minimum absolute atomic E-state index is 0. The van der Waals surface area contributed by atoms with Crippen molar-refractivity contribution >= 4 is 69.8 Å². The number of carbonyl (C=O) groups is 2. The van der Waals surface area contributed by atoms with E-state index in [9.17, 15) is 9.59 Å². The van der Waals surface area contributed by atoms with Crippen LogP contribution in [0.1, 0.15) is 63.3 Å². The maximum absolute atomic E-state index is 11.8. The van der Waals surface area contributed by atoms with E-state index in [1.165, 1.54) is 26.6 Å². The molecule has 0 spiro atoms. The zero-order valence-corrected chi connectivity index (χ0v) is 32.1. The molecule has 0 aliphatic carbocycles. The van der Waals surface area contributed by atoms with Gasteiger partial charge in [0, 0.05) is 56.5 Å². The summed E-state index contributed by atoms with van der Waals surface area (Å²) in [5.41, 5.74) is 5.73. The van der Waals surface area contributed by atoms with Gasteiger partial charge in [-0.05, 0) is 93.8 Å². The van der Waals surface area contributed by atoms with E-state index in [1.807, 2.05) is 45.0 Å². The van der Waals surface area contributed by atoms with Crippen molar-refractivity contribution in [2.75, 3.05) is 38.1 Å². The molecule has 4 heterocycles. The Kier molecular flexibility index (Phi) is 17.7. The van der Waals surface area contributed by atoms with Crippen LogP contribution in [0.15, 0.2) is 85.5 Å². The first-order chi connectivity index (χ1) is 25.7. The summed E-state index contributed by atoms with van der Waals surface area (Å²) in [5, 5.41) is 17.4. The molecule has 0 saturated carbocycles. The van der Waals surface area contributed by atoms with Gasteiger partial charge in [0.2, 0.25) is 0 Å². The van der Waals surface area contributed by atoms with Gasteiger partial charge in [0.25, 0.3) is 0 Å². The Morgan fingerprint density at radius 2 is 1.07 bits per heavy atom. The topological polar surface area (TPSA) is 177 Å². The van der Waals surface area contributed by atoms with Gasteiger partial charge in [-0.15, -0.1) is 0 Å². The van der Waals surface area contributed by atoms with E-state index in [1.54, 1.807) is 60.9 Å². The predicted octanol–water partition coefficient (Wildman–Crippen LogP) is 6.27. The number of esters is 2. The van der Waals surface area contributed by atoms with Crippen molar-refractivity contribution in [2.45, 2.75) is 54.6 Å². The highest BCUT2D eigenvalue weighted by molar-refractivity contribution is 6.58. The van der Waals surface area contributed by atoms with Gasteiger partial charge in [-0.25, -0.2) is 29.5 Å². The van der Waals surface area contributed by atoms with Crippen molar-refractivity contribution in [1.82, 2.24) is 29.9 Å². The summed E-state index contributed by atoms with van der Waals surface area (Å²) in [6.07, 6.45) is 6.49. The van der Waals surface area contributed by atoms with Crippen molar-refractivity contribution in [3.63, 3.8) is 0 Å². The van der Waals surface area contributed by atoms with Gasteiger partial charge in [0.05, 0.1) is 47.4 Å². The quantitative estimate of drug-likeness (QED) is 0.130. The molecule has 0 radical (unpaired) electrons. The molecular formula is C40H50BClN8O6. The van der Waals surface area contributed by atoms with Crippen molar-refractivity contribution in [3.05, 3.63) is 102 Å². The number of carbonyl (C=O) groups excluding carboxylic acids is 2. The number of anilines is 2. The Morgan fingerprint density at radius 1 is 0.643 bits per heavy atom. The van der Waals surface area contributed by atoms with E-state index in [0.717, 1.165) is 22.6 Å². The summed E-state index contributed by atoms with van der Waals surface area (Å²) in [4.78, 5) is 53.5. The van der Waals surface area contributed by atoms with Crippen LogP contribution in [-0.2, 0) is 9.47 Å². The number of halogens is 1. The molecule has 0 fully saturated rings. The van der Waals surface area contributed by atoms with E-state index in [4.69, 9.17) is 41.1 Å². The molecular weight excluding hydrogens is 735 g/mol. The molecule has 0 atom stereocenters. The number of hydrogen-bond donors (Lipinski definition) is 2. The van der Waals surface area contributed by atoms with Crippen LogP contribution < -0.4 is 15.3 Å². The number of methoxy groups -OCH3 is 2. The first kappa shape index (κ1) is 46.4. The standard InChI is InChI=1S/C19H20N4O2.C14H16ClN3O2.C5H6BNO2.2CH4/c1-12(2)23(3)18-17(13-7-9-20-10-8-13)21-15-6-5-14(19(24)25-4)11-16(15)22-18;1-8(2)18(3)13-12(15)16-10-6-5-9(14(19)20-4)7-11(10)17-13;8-6(9)5-1-3-7-4-2-5;;/h5-12H,1-4H3;5-8H,1-4H3;1-4,8-9H;2*1H4. The first-order valence-electron chi connectivity index (χ1n) is 16.8. The molecule has 0 unspecified atom stereocenters. The molecule has 4 aromatic heterocycles. The molecule has 56 heavy (non-hydrogen) atoms. The lowest BCUT2D eigenvalue weighted by Crippen LogP contribution is -2.29. The number of ether oxygens (including phenoxy) is 2. The Morgan fingerprint density at radius 3 is 1.50 bits per heavy atom. The molecule has 0 amide bonds. The van der Waals surface area contributed by atoms with Gasteiger partial charge in [-0.3, -0.25) is 9.97 Å². The average molecular weight is 785 g/mol. The molecule has 0 saturated heterocycles. The second-order valence-corrected chi connectivity index (χ2v) is 12.8. The van der Waals surface area contributed by atoms with Crippen LogP contribution in [-0.4, -0.2) is 99.4 Å². The molecule has 6 rings (SSSR count). The summed E-state index contributed by atoms with van der Waals surface area (Å²) in [6, 6.07) is 17.6. The normalized spacial score (nSPS) is 10.2. The van der Waals surface area contributed by atoms with Crippen LogP contribution in [0.5, 0.6) is 0 Å². The molecule has 0 bridgehead atoms. The van der Waals surface area contributed by atoms with Gasteiger partial charge in [0.15, 0.2) is 16.8 Å². The fourth-order valence-corrected chi connectivity index (χ4v) is 5.02. The second-order valence-electron chi connectivity index (χ2n) is 12.4. The minimum Gasteiger partial charge on any atom is -0.465 e. The van der Waals surface area contributed by atoms with E-state index in [-0.39, 0.29) is 32.9 Å². The highest BCUT2D eigenvalue weighted by Gasteiger charge is 2.19. The minimum atomic E-state index is -1.38. The zero-order chi connectivity index (χ0) is 39.5. The van der Waals surface area contributed by atoms with Gasteiger partial charge in [-0.1, -0.05) is 26.5 Å². The molecule has 296 valence electrons. The number of pyridine rings is 2. The van der Waals surface area contributed by atoms with Crippen molar-refractivity contribution < 1.29 is 29.1 Å².